The van der Waals surface area contributed by atoms with E-state index in [1.165, 1.54) is 30.5 Å². The smallest absolute Gasteiger partial charge is 0.337 e. The maximum Gasteiger partial charge on any atom is 0.337 e. The van der Waals surface area contributed by atoms with Gasteiger partial charge in [0.25, 0.3) is 0 Å². The van der Waals surface area contributed by atoms with Gasteiger partial charge in [0.1, 0.15) is 5.76 Å². The largest absolute Gasteiger partial charge is 0.478 e. The highest BCUT2D eigenvalue weighted by molar-refractivity contribution is 9.10. The molecule has 2 N–H and O–H groups in total. The third-order valence-electron chi connectivity index (χ3n) is 2.41. The van der Waals surface area contributed by atoms with Gasteiger partial charge in [-0.25, -0.2) is 4.79 Å². The van der Waals surface area contributed by atoms with Crippen LogP contribution in [0.5, 0.6) is 0 Å². The zero-order valence-electron chi connectivity index (χ0n) is 10.2. The molecule has 2 aromatic rings. The summed E-state index contributed by atoms with van der Waals surface area (Å²) >= 11 is 3.19. The Balaban J connectivity index is 2.13. The fourth-order valence-electron chi connectivity index (χ4n) is 1.52. The molecule has 1 heterocycles. The Morgan fingerprint density at radius 2 is 2.10 bits per heavy atom. The second-order valence-corrected chi connectivity index (χ2v) is 4.75. The van der Waals surface area contributed by atoms with Crippen molar-refractivity contribution < 1.29 is 19.1 Å². The third kappa shape index (κ3) is 3.58. The molecule has 20 heavy (non-hydrogen) atoms. The predicted molar refractivity (Wildman–Crippen MR) is 77.5 cm³/mol. The first-order valence-corrected chi connectivity index (χ1v) is 6.41. The molecule has 1 aromatic carbocycles. The van der Waals surface area contributed by atoms with Gasteiger partial charge in [-0.2, -0.15) is 0 Å². The van der Waals surface area contributed by atoms with Gasteiger partial charge in [0, 0.05) is 10.5 Å². The SMILES string of the molecule is O=C(C=Cc1ccco1)Nc1ccc(Br)cc1C(=O)O. The molecule has 0 unspecified atom stereocenters. The molecule has 0 spiro atoms. The van der Waals surface area contributed by atoms with Crippen molar-refractivity contribution in [2.45, 2.75) is 0 Å². The van der Waals surface area contributed by atoms with Gasteiger partial charge in [0.2, 0.25) is 5.91 Å². The highest BCUT2D eigenvalue weighted by Crippen LogP contribution is 2.21. The van der Waals surface area contributed by atoms with Crippen molar-refractivity contribution in [3.63, 3.8) is 0 Å². The zero-order chi connectivity index (χ0) is 14.5. The van der Waals surface area contributed by atoms with Crippen molar-refractivity contribution in [3.05, 3.63) is 58.5 Å². The number of amides is 1. The number of carbonyl (C=O) groups excluding carboxylic acids is 1. The molecule has 1 amide bonds. The van der Waals surface area contributed by atoms with Crippen LogP contribution in [0.25, 0.3) is 6.08 Å². The molecule has 6 heteroatoms. The Morgan fingerprint density at radius 1 is 1.30 bits per heavy atom. The van der Waals surface area contributed by atoms with Crippen molar-refractivity contribution in [1.82, 2.24) is 0 Å². The van der Waals surface area contributed by atoms with Crippen molar-refractivity contribution in [2.75, 3.05) is 5.32 Å². The van der Waals surface area contributed by atoms with Gasteiger partial charge in [-0.15, -0.1) is 0 Å². The average molecular weight is 336 g/mol. The minimum absolute atomic E-state index is 0.0131. The number of anilines is 1. The Hall–Kier alpha value is -2.34. The average Bonchev–Trinajstić information content (AvgIpc) is 2.91. The lowest BCUT2D eigenvalue weighted by Gasteiger charge is -2.06. The van der Waals surface area contributed by atoms with Crippen LogP contribution in [0.2, 0.25) is 0 Å². The van der Waals surface area contributed by atoms with E-state index in [0.29, 0.717) is 10.2 Å². The number of carboxylic acid groups (broad SMARTS) is 1. The first-order valence-electron chi connectivity index (χ1n) is 5.61. The van der Waals surface area contributed by atoms with Gasteiger partial charge < -0.3 is 14.8 Å². The lowest BCUT2D eigenvalue weighted by molar-refractivity contribution is -0.111. The van der Waals surface area contributed by atoms with Crippen LogP contribution < -0.4 is 5.32 Å². The van der Waals surface area contributed by atoms with Crippen molar-refractivity contribution in [2.24, 2.45) is 0 Å². The van der Waals surface area contributed by atoms with Gasteiger partial charge in [-0.1, -0.05) is 15.9 Å². The normalized spacial score (nSPS) is 10.7. The molecule has 0 bridgehead atoms. The standard InChI is InChI=1S/C14H10BrNO4/c15-9-3-5-12(11(8-9)14(18)19)16-13(17)6-4-10-2-1-7-20-10/h1-8H,(H,16,17)(H,18,19). The van der Waals surface area contributed by atoms with Gasteiger partial charge >= 0.3 is 5.97 Å². The summed E-state index contributed by atoms with van der Waals surface area (Å²) in [4.78, 5) is 22.8. The van der Waals surface area contributed by atoms with E-state index in [0.717, 1.165) is 0 Å². The number of carbonyl (C=O) groups is 2. The van der Waals surface area contributed by atoms with E-state index in [-0.39, 0.29) is 11.3 Å². The van der Waals surface area contributed by atoms with Crippen molar-refractivity contribution in [3.8, 4) is 0 Å². The number of nitrogens with one attached hydrogen (secondary N) is 1. The van der Waals surface area contributed by atoms with Gasteiger partial charge in [-0.05, 0) is 36.4 Å². The molecule has 0 aliphatic heterocycles. The monoisotopic (exact) mass is 335 g/mol. The minimum Gasteiger partial charge on any atom is -0.478 e. The number of halogens is 1. The minimum atomic E-state index is -1.11. The zero-order valence-corrected chi connectivity index (χ0v) is 11.8. The maximum absolute atomic E-state index is 11.7. The Morgan fingerprint density at radius 3 is 2.75 bits per heavy atom. The second-order valence-electron chi connectivity index (χ2n) is 3.83. The van der Waals surface area contributed by atoms with Crippen LogP contribution in [0.3, 0.4) is 0 Å². The third-order valence-corrected chi connectivity index (χ3v) is 2.91. The number of hydrogen-bond donors (Lipinski definition) is 2. The molecule has 102 valence electrons. The van der Waals surface area contributed by atoms with E-state index in [1.807, 2.05) is 0 Å². The Labute approximate surface area is 123 Å². The summed E-state index contributed by atoms with van der Waals surface area (Å²) in [5.74, 6) is -1.02. The summed E-state index contributed by atoms with van der Waals surface area (Å²) in [5, 5.41) is 11.6. The molecule has 0 fully saturated rings. The first-order chi connectivity index (χ1) is 9.56. The van der Waals surface area contributed by atoms with E-state index in [2.05, 4.69) is 21.2 Å². The van der Waals surface area contributed by atoms with Gasteiger partial charge in [0.15, 0.2) is 0 Å². The maximum atomic E-state index is 11.7. The van der Waals surface area contributed by atoms with E-state index in [1.54, 1.807) is 18.2 Å². The van der Waals surface area contributed by atoms with E-state index in [4.69, 9.17) is 9.52 Å². The number of carboxylic acids is 1. The molecule has 0 saturated heterocycles. The van der Waals surface area contributed by atoms with Crippen LogP contribution in [0.1, 0.15) is 16.1 Å². The lowest BCUT2D eigenvalue weighted by Crippen LogP contribution is -2.12. The van der Waals surface area contributed by atoms with Crippen molar-refractivity contribution >= 4 is 39.6 Å². The summed E-state index contributed by atoms with van der Waals surface area (Å²) in [5.41, 5.74) is 0.244. The highest BCUT2D eigenvalue weighted by atomic mass is 79.9. The van der Waals surface area contributed by atoms with Gasteiger partial charge in [0.05, 0.1) is 17.5 Å². The predicted octanol–water partition coefficient (Wildman–Crippen LogP) is 3.39. The molecule has 2 rings (SSSR count). The Kier molecular flexibility index (Phi) is 4.37. The van der Waals surface area contributed by atoms with E-state index < -0.39 is 11.9 Å². The Bertz CT molecular complexity index is 662. The number of hydrogen-bond acceptors (Lipinski definition) is 3. The summed E-state index contributed by atoms with van der Waals surface area (Å²) in [6.07, 6.45) is 4.26. The quantitative estimate of drug-likeness (QED) is 0.839. The molecule has 0 radical (unpaired) electrons. The molecule has 1 aromatic heterocycles. The fraction of sp³-hybridized carbons (Fsp3) is 0. The first kappa shape index (κ1) is 14.1. The summed E-state index contributed by atoms with van der Waals surface area (Å²) in [7, 11) is 0. The molecular weight excluding hydrogens is 326 g/mol. The molecular formula is C14H10BrNO4. The summed E-state index contributed by atoms with van der Waals surface area (Å²) in [6.45, 7) is 0. The second kappa shape index (κ2) is 6.21. The van der Waals surface area contributed by atoms with Crippen LogP contribution in [0.4, 0.5) is 5.69 Å². The number of aromatic carboxylic acids is 1. The molecule has 0 atom stereocenters. The molecule has 0 aliphatic rings. The highest BCUT2D eigenvalue weighted by Gasteiger charge is 2.11. The molecule has 0 saturated carbocycles. The topological polar surface area (TPSA) is 79.5 Å². The van der Waals surface area contributed by atoms with Crippen LogP contribution in [-0.4, -0.2) is 17.0 Å². The van der Waals surface area contributed by atoms with E-state index >= 15 is 0 Å². The number of furan rings is 1. The summed E-state index contributed by atoms with van der Waals surface area (Å²) < 4.78 is 5.67. The van der Waals surface area contributed by atoms with E-state index in [9.17, 15) is 9.59 Å². The summed E-state index contributed by atoms with van der Waals surface area (Å²) in [6, 6.07) is 8.00. The molecule has 5 nitrogen and oxygen atoms in total. The van der Waals surface area contributed by atoms with Crippen LogP contribution in [0, 0.1) is 0 Å². The number of benzene rings is 1. The lowest BCUT2D eigenvalue weighted by atomic mass is 10.2. The number of rotatable bonds is 4. The fourth-order valence-corrected chi connectivity index (χ4v) is 1.88. The van der Waals surface area contributed by atoms with Crippen LogP contribution >= 0.6 is 15.9 Å². The molecule has 0 aliphatic carbocycles. The van der Waals surface area contributed by atoms with Crippen LogP contribution in [0.15, 0.2) is 51.6 Å². The van der Waals surface area contributed by atoms with Crippen LogP contribution in [-0.2, 0) is 4.79 Å². The van der Waals surface area contributed by atoms with Gasteiger partial charge in [-0.3, -0.25) is 4.79 Å². The van der Waals surface area contributed by atoms with Crippen molar-refractivity contribution in [1.29, 1.82) is 0 Å².